The maximum absolute atomic E-state index is 12.3. The lowest BCUT2D eigenvalue weighted by Crippen LogP contribution is -2.49. The summed E-state index contributed by atoms with van der Waals surface area (Å²) >= 11 is 0. The van der Waals surface area contributed by atoms with Gasteiger partial charge in [-0.15, -0.1) is 0 Å². The molecule has 3 rings (SSSR count). The average molecular weight is 304 g/mol. The topological polar surface area (TPSA) is 41.4 Å². The number of carbonyl (C=O) groups is 1. The van der Waals surface area contributed by atoms with Gasteiger partial charge in [-0.25, -0.2) is 4.98 Å². The van der Waals surface area contributed by atoms with E-state index in [0.717, 1.165) is 58.0 Å². The molecule has 0 radical (unpaired) electrons. The van der Waals surface area contributed by atoms with E-state index in [1.165, 1.54) is 25.7 Å². The Morgan fingerprint density at radius 1 is 1.09 bits per heavy atom. The van der Waals surface area contributed by atoms with Crippen LogP contribution in [0, 0.1) is 5.92 Å². The van der Waals surface area contributed by atoms with E-state index < -0.39 is 0 Å². The van der Waals surface area contributed by atoms with E-state index in [1.807, 2.05) is 18.7 Å². The first-order valence-corrected chi connectivity index (χ1v) is 8.77. The summed E-state index contributed by atoms with van der Waals surface area (Å²) in [6.45, 7) is 5.82. The van der Waals surface area contributed by atoms with Crippen molar-refractivity contribution in [2.75, 3.05) is 32.7 Å². The Hall–Kier alpha value is -1.36. The molecule has 0 unspecified atom stereocenters. The molecule has 0 bridgehead atoms. The van der Waals surface area contributed by atoms with Crippen LogP contribution in [-0.4, -0.2) is 58.0 Å². The zero-order chi connectivity index (χ0) is 15.2. The van der Waals surface area contributed by atoms with Crippen molar-refractivity contribution in [1.82, 2.24) is 19.4 Å². The van der Waals surface area contributed by atoms with Gasteiger partial charge in [0, 0.05) is 58.1 Å². The molecule has 2 aliphatic rings. The van der Waals surface area contributed by atoms with Crippen LogP contribution < -0.4 is 0 Å². The summed E-state index contributed by atoms with van der Waals surface area (Å²) in [6.07, 6.45) is 13.0. The van der Waals surface area contributed by atoms with Gasteiger partial charge in [0.2, 0.25) is 5.91 Å². The number of carbonyl (C=O) groups excluding carboxylic acids is 1. The number of nitrogens with zero attached hydrogens (tertiary/aromatic N) is 4. The second kappa shape index (κ2) is 7.77. The predicted molar refractivity (Wildman–Crippen MR) is 86.4 cm³/mol. The van der Waals surface area contributed by atoms with Gasteiger partial charge >= 0.3 is 0 Å². The van der Waals surface area contributed by atoms with Crippen molar-refractivity contribution in [3.8, 4) is 0 Å². The molecule has 22 heavy (non-hydrogen) atoms. The van der Waals surface area contributed by atoms with Crippen LogP contribution in [0.4, 0.5) is 0 Å². The summed E-state index contributed by atoms with van der Waals surface area (Å²) in [4.78, 5) is 20.9. The zero-order valence-corrected chi connectivity index (χ0v) is 13.5. The Labute approximate surface area is 133 Å². The molecule has 122 valence electrons. The highest BCUT2D eigenvalue weighted by Gasteiger charge is 2.22. The molecule has 2 fully saturated rings. The van der Waals surface area contributed by atoms with Crippen molar-refractivity contribution in [2.24, 2.45) is 5.92 Å². The molecule has 1 aromatic heterocycles. The van der Waals surface area contributed by atoms with Crippen molar-refractivity contribution in [2.45, 2.75) is 45.1 Å². The Kier molecular flexibility index (Phi) is 5.48. The minimum atomic E-state index is 0.376. The normalized spacial score (nSPS) is 20.6. The third-order valence-electron chi connectivity index (χ3n) is 5.20. The molecule has 1 amide bonds. The van der Waals surface area contributed by atoms with E-state index in [2.05, 4.69) is 19.4 Å². The molecule has 1 saturated heterocycles. The van der Waals surface area contributed by atoms with Crippen molar-refractivity contribution in [1.29, 1.82) is 0 Å². The summed E-state index contributed by atoms with van der Waals surface area (Å²) in [6, 6.07) is 0. The van der Waals surface area contributed by atoms with Gasteiger partial charge in [0.05, 0.1) is 6.33 Å². The predicted octanol–water partition coefficient (Wildman–Crippen LogP) is 2.00. The smallest absolute Gasteiger partial charge is 0.222 e. The molecule has 5 nitrogen and oxygen atoms in total. The van der Waals surface area contributed by atoms with Crippen LogP contribution in [0.5, 0.6) is 0 Å². The van der Waals surface area contributed by atoms with Crippen LogP contribution >= 0.6 is 0 Å². The number of hydrogen-bond donors (Lipinski definition) is 0. The second-order valence-electron chi connectivity index (χ2n) is 6.71. The van der Waals surface area contributed by atoms with Gasteiger partial charge in [0.25, 0.3) is 0 Å². The summed E-state index contributed by atoms with van der Waals surface area (Å²) in [5.41, 5.74) is 0. The van der Waals surface area contributed by atoms with Crippen molar-refractivity contribution in [3.63, 3.8) is 0 Å². The van der Waals surface area contributed by atoms with Gasteiger partial charge in [-0.05, 0) is 12.3 Å². The van der Waals surface area contributed by atoms with Crippen molar-refractivity contribution >= 4 is 5.91 Å². The van der Waals surface area contributed by atoms with Gasteiger partial charge in [-0.1, -0.05) is 25.7 Å². The highest BCUT2D eigenvalue weighted by Crippen LogP contribution is 2.28. The van der Waals surface area contributed by atoms with Gasteiger partial charge in [-0.2, -0.15) is 0 Å². The second-order valence-corrected chi connectivity index (χ2v) is 6.71. The minimum absolute atomic E-state index is 0.376. The van der Waals surface area contributed by atoms with Gasteiger partial charge in [0.1, 0.15) is 0 Å². The minimum Gasteiger partial charge on any atom is -0.340 e. The van der Waals surface area contributed by atoms with Crippen LogP contribution in [0.25, 0.3) is 0 Å². The first-order valence-electron chi connectivity index (χ1n) is 8.77. The number of piperazine rings is 1. The SMILES string of the molecule is O=C(CCC1CCCC1)N1CCN(CCn2ccnc2)CC1. The maximum Gasteiger partial charge on any atom is 0.222 e. The Bertz CT molecular complexity index is 445. The van der Waals surface area contributed by atoms with Crippen LogP contribution in [-0.2, 0) is 11.3 Å². The van der Waals surface area contributed by atoms with E-state index in [1.54, 1.807) is 0 Å². The fourth-order valence-electron chi connectivity index (χ4n) is 3.68. The number of hydrogen-bond acceptors (Lipinski definition) is 3. The average Bonchev–Trinajstić information content (AvgIpc) is 3.24. The quantitative estimate of drug-likeness (QED) is 0.807. The summed E-state index contributed by atoms with van der Waals surface area (Å²) in [5.74, 6) is 1.20. The monoisotopic (exact) mass is 304 g/mol. The Morgan fingerprint density at radius 3 is 2.55 bits per heavy atom. The first-order chi connectivity index (χ1) is 10.8. The fraction of sp³-hybridized carbons (Fsp3) is 0.765. The van der Waals surface area contributed by atoms with Crippen LogP contribution in [0.3, 0.4) is 0 Å². The molecule has 5 heteroatoms. The lowest BCUT2D eigenvalue weighted by atomic mass is 10.0. The third-order valence-corrected chi connectivity index (χ3v) is 5.20. The van der Waals surface area contributed by atoms with E-state index in [0.29, 0.717) is 5.91 Å². The molecule has 2 heterocycles. The molecule has 0 N–H and O–H groups in total. The standard InChI is InChI=1S/C17H28N4O/c22-17(6-5-16-3-1-2-4-16)21-13-11-19(12-14-21)9-10-20-8-7-18-15-20/h7-8,15-16H,1-6,9-14H2. The lowest BCUT2D eigenvalue weighted by Gasteiger charge is -2.35. The maximum atomic E-state index is 12.3. The van der Waals surface area contributed by atoms with Gasteiger partial charge in [0.15, 0.2) is 0 Å². The molecule has 1 aliphatic carbocycles. The Morgan fingerprint density at radius 2 is 1.86 bits per heavy atom. The number of aromatic nitrogens is 2. The molecular formula is C17H28N4O. The molecule has 0 atom stereocenters. The zero-order valence-electron chi connectivity index (χ0n) is 13.5. The summed E-state index contributed by atoms with van der Waals surface area (Å²) in [5, 5.41) is 0. The number of rotatable bonds is 6. The summed E-state index contributed by atoms with van der Waals surface area (Å²) < 4.78 is 2.11. The van der Waals surface area contributed by atoms with E-state index in [9.17, 15) is 4.79 Å². The molecule has 0 spiro atoms. The van der Waals surface area contributed by atoms with Crippen molar-refractivity contribution in [3.05, 3.63) is 18.7 Å². The summed E-state index contributed by atoms with van der Waals surface area (Å²) in [7, 11) is 0. The van der Waals surface area contributed by atoms with Gasteiger partial charge < -0.3 is 9.47 Å². The van der Waals surface area contributed by atoms with Crippen LogP contribution in [0.15, 0.2) is 18.7 Å². The van der Waals surface area contributed by atoms with E-state index in [4.69, 9.17) is 0 Å². The largest absolute Gasteiger partial charge is 0.340 e. The van der Waals surface area contributed by atoms with E-state index >= 15 is 0 Å². The number of amides is 1. The van der Waals surface area contributed by atoms with Crippen LogP contribution in [0.2, 0.25) is 0 Å². The number of imidazole rings is 1. The van der Waals surface area contributed by atoms with Crippen molar-refractivity contribution < 1.29 is 4.79 Å². The fourth-order valence-corrected chi connectivity index (χ4v) is 3.68. The Balaban J connectivity index is 1.33. The van der Waals surface area contributed by atoms with Gasteiger partial charge in [-0.3, -0.25) is 9.69 Å². The molecule has 1 aromatic rings. The first kappa shape index (κ1) is 15.5. The molecule has 1 aliphatic heterocycles. The highest BCUT2D eigenvalue weighted by atomic mass is 16.2. The van der Waals surface area contributed by atoms with E-state index in [-0.39, 0.29) is 0 Å². The van der Waals surface area contributed by atoms with Crippen LogP contribution in [0.1, 0.15) is 38.5 Å². The third kappa shape index (κ3) is 4.32. The lowest BCUT2D eigenvalue weighted by molar-refractivity contribution is -0.133. The highest BCUT2D eigenvalue weighted by molar-refractivity contribution is 5.76. The molecule has 0 aromatic carbocycles. The molecule has 1 saturated carbocycles. The molecular weight excluding hydrogens is 276 g/mol.